The van der Waals surface area contributed by atoms with Crippen LogP contribution in [0.2, 0.25) is 0 Å². The number of fused-ring (bicyclic) bond motifs is 1. The minimum atomic E-state index is -3.60. The molecule has 116 valence electrons. The van der Waals surface area contributed by atoms with Crippen molar-refractivity contribution >= 4 is 32.8 Å². The SMILES string of the molecule is O=C(O)/C=C/c1ccc2c(S(=O)(=O)c3ccccc3)c[nH]c2c1. The summed E-state index contributed by atoms with van der Waals surface area (Å²) in [5, 5.41) is 9.22. The summed E-state index contributed by atoms with van der Waals surface area (Å²) >= 11 is 0. The van der Waals surface area contributed by atoms with Gasteiger partial charge in [0.1, 0.15) is 0 Å². The standard InChI is InChI=1S/C17H13NO4S/c19-17(20)9-7-12-6-8-14-15(10-12)18-11-16(14)23(21,22)13-4-2-1-3-5-13/h1-11,18H,(H,19,20)/b9-7+. The van der Waals surface area contributed by atoms with Gasteiger partial charge in [-0.15, -0.1) is 0 Å². The molecule has 0 spiro atoms. The van der Waals surface area contributed by atoms with Crippen molar-refractivity contribution in [1.29, 1.82) is 0 Å². The Labute approximate surface area is 132 Å². The molecule has 0 saturated carbocycles. The topological polar surface area (TPSA) is 87.2 Å². The second kappa shape index (κ2) is 5.73. The summed E-state index contributed by atoms with van der Waals surface area (Å²) in [5.74, 6) is -1.04. The number of sulfone groups is 1. The van der Waals surface area contributed by atoms with Crippen LogP contribution < -0.4 is 0 Å². The lowest BCUT2D eigenvalue weighted by molar-refractivity contribution is -0.131. The molecule has 0 bridgehead atoms. The van der Waals surface area contributed by atoms with Crippen molar-refractivity contribution in [3.05, 3.63) is 66.4 Å². The second-order valence-electron chi connectivity index (χ2n) is 4.95. The molecule has 0 radical (unpaired) electrons. The van der Waals surface area contributed by atoms with Crippen LogP contribution in [0.25, 0.3) is 17.0 Å². The maximum absolute atomic E-state index is 12.7. The molecule has 0 atom stereocenters. The van der Waals surface area contributed by atoms with Gasteiger partial charge in [-0.2, -0.15) is 0 Å². The summed E-state index contributed by atoms with van der Waals surface area (Å²) in [6.45, 7) is 0. The molecular weight excluding hydrogens is 314 g/mol. The third-order valence-electron chi connectivity index (χ3n) is 3.43. The first-order valence-electron chi connectivity index (χ1n) is 6.81. The van der Waals surface area contributed by atoms with E-state index in [1.165, 1.54) is 12.3 Å². The Morgan fingerprint density at radius 1 is 1.09 bits per heavy atom. The van der Waals surface area contributed by atoms with Crippen LogP contribution in [0.1, 0.15) is 5.56 Å². The van der Waals surface area contributed by atoms with Crippen molar-refractivity contribution in [2.24, 2.45) is 0 Å². The fourth-order valence-electron chi connectivity index (χ4n) is 2.34. The molecular formula is C17H13NO4S. The van der Waals surface area contributed by atoms with Gasteiger partial charge < -0.3 is 10.1 Å². The summed E-state index contributed by atoms with van der Waals surface area (Å²) < 4.78 is 25.4. The van der Waals surface area contributed by atoms with E-state index in [2.05, 4.69) is 4.98 Å². The molecule has 3 aromatic rings. The number of hydrogen-bond donors (Lipinski definition) is 2. The first-order valence-corrected chi connectivity index (χ1v) is 8.29. The highest BCUT2D eigenvalue weighted by atomic mass is 32.2. The monoisotopic (exact) mass is 327 g/mol. The second-order valence-corrected chi connectivity index (χ2v) is 6.86. The van der Waals surface area contributed by atoms with E-state index in [0.717, 1.165) is 6.08 Å². The van der Waals surface area contributed by atoms with Crippen LogP contribution in [0.3, 0.4) is 0 Å². The quantitative estimate of drug-likeness (QED) is 0.721. The smallest absolute Gasteiger partial charge is 0.328 e. The first kappa shape index (κ1) is 15.1. The summed E-state index contributed by atoms with van der Waals surface area (Å²) in [4.78, 5) is 13.9. The average Bonchev–Trinajstić information content (AvgIpc) is 2.97. The molecule has 6 heteroatoms. The van der Waals surface area contributed by atoms with Gasteiger partial charge in [0.15, 0.2) is 0 Å². The van der Waals surface area contributed by atoms with Crippen molar-refractivity contribution < 1.29 is 18.3 Å². The van der Waals surface area contributed by atoms with Crippen LogP contribution in [-0.4, -0.2) is 24.5 Å². The highest BCUT2D eigenvalue weighted by Gasteiger charge is 2.21. The van der Waals surface area contributed by atoms with Gasteiger partial charge in [-0.3, -0.25) is 0 Å². The van der Waals surface area contributed by atoms with E-state index in [0.29, 0.717) is 16.5 Å². The lowest BCUT2D eigenvalue weighted by Crippen LogP contribution is -2.00. The number of aromatic amines is 1. The Morgan fingerprint density at radius 2 is 1.83 bits per heavy atom. The number of nitrogens with one attached hydrogen (secondary N) is 1. The molecule has 2 N–H and O–H groups in total. The van der Waals surface area contributed by atoms with Gasteiger partial charge >= 0.3 is 5.97 Å². The number of carboxylic acids is 1. The van der Waals surface area contributed by atoms with E-state index in [9.17, 15) is 13.2 Å². The van der Waals surface area contributed by atoms with E-state index >= 15 is 0 Å². The van der Waals surface area contributed by atoms with Crippen molar-refractivity contribution in [2.45, 2.75) is 9.79 Å². The Balaban J connectivity index is 2.09. The Kier molecular flexibility index (Phi) is 3.75. The molecule has 2 aromatic carbocycles. The average molecular weight is 327 g/mol. The van der Waals surface area contributed by atoms with Crippen LogP contribution in [0.4, 0.5) is 0 Å². The minimum Gasteiger partial charge on any atom is -0.478 e. The molecule has 0 saturated heterocycles. The third-order valence-corrected chi connectivity index (χ3v) is 5.24. The number of rotatable bonds is 4. The van der Waals surface area contributed by atoms with Crippen LogP contribution in [0.15, 0.2) is 70.6 Å². The van der Waals surface area contributed by atoms with Crippen LogP contribution in [-0.2, 0) is 14.6 Å². The van der Waals surface area contributed by atoms with Gasteiger partial charge in [-0.25, -0.2) is 13.2 Å². The molecule has 0 aliphatic carbocycles. The highest BCUT2D eigenvalue weighted by Crippen LogP contribution is 2.28. The molecule has 3 rings (SSSR count). The summed E-state index contributed by atoms with van der Waals surface area (Å²) in [5.41, 5.74) is 1.30. The highest BCUT2D eigenvalue weighted by molar-refractivity contribution is 7.91. The number of carbonyl (C=O) groups is 1. The largest absolute Gasteiger partial charge is 0.478 e. The van der Waals surface area contributed by atoms with Crippen LogP contribution >= 0.6 is 0 Å². The zero-order valence-electron chi connectivity index (χ0n) is 11.9. The minimum absolute atomic E-state index is 0.201. The number of carboxylic acid groups (broad SMARTS) is 1. The molecule has 0 unspecified atom stereocenters. The molecule has 0 fully saturated rings. The van der Waals surface area contributed by atoms with Crippen LogP contribution in [0, 0.1) is 0 Å². The maximum atomic E-state index is 12.7. The van der Waals surface area contributed by atoms with Crippen molar-refractivity contribution in [3.63, 3.8) is 0 Å². The van der Waals surface area contributed by atoms with Gasteiger partial charge in [0.25, 0.3) is 0 Å². The number of H-pyrrole nitrogens is 1. The zero-order valence-corrected chi connectivity index (χ0v) is 12.7. The zero-order chi connectivity index (χ0) is 16.4. The van der Waals surface area contributed by atoms with Gasteiger partial charge in [-0.1, -0.05) is 30.3 Å². The van der Waals surface area contributed by atoms with Crippen molar-refractivity contribution in [3.8, 4) is 0 Å². The van der Waals surface area contributed by atoms with Gasteiger partial charge in [0.05, 0.1) is 9.79 Å². The lowest BCUT2D eigenvalue weighted by Gasteiger charge is -2.03. The summed E-state index contributed by atoms with van der Waals surface area (Å²) in [6.07, 6.45) is 3.94. The van der Waals surface area contributed by atoms with Gasteiger partial charge in [0.2, 0.25) is 9.84 Å². The number of hydrogen-bond acceptors (Lipinski definition) is 3. The molecule has 5 nitrogen and oxygen atoms in total. The number of aliphatic carboxylic acids is 1. The fraction of sp³-hybridized carbons (Fsp3) is 0. The van der Waals surface area contributed by atoms with Gasteiger partial charge in [-0.05, 0) is 29.8 Å². The normalized spacial score (nSPS) is 12.0. The van der Waals surface area contributed by atoms with E-state index in [4.69, 9.17) is 5.11 Å². The fourth-order valence-corrected chi connectivity index (χ4v) is 3.79. The predicted molar refractivity (Wildman–Crippen MR) is 86.9 cm³/mol. The summed E-state index contributed by atoms with van der Waals surface area (Å²) in [7, 11) is -3.60. The summed E-state index contributed by atoms with van der Waals surface area (Å²) in [6, 6.07) is 13.3. The van der Waals surface area contributed by atoms with E-state index in [1.807, 2.05) is 0 Å². The molecule has 0 aliphatic heterocycles. The molecule has 0 amide bonds. The Bertz CT molecular complexity index is 1000. The van der Waals surface area contributed by atoms with Crippen LogP contribution in [0.5, 0.6) is 0 Å². The van der Waals surface area contributed by atoms with E-state index < -0.39 is 15.8 Å². The molecule has 1 heterocycles. The van der Waals surface area contributed by atoms with E-state index in [1.54, 1.807) is 48.5 Å². The molecule has 0 aliphatic rings. The molecule has 23 heavy (non-hydrogen) atoms. The molecule has 1 aromatic heterocycles. The van der Waals surface area contributed by atoms with E-state index in [-0.39, 0.29) is 9.79 Å². The van der Waals surface area contributed by atoms with Crippen molar-refractivity contribution in [1.82, 2.24) is 4.98 Å². The third kappa shape index (κ3) is 2.89. The Hall–Kier alpha value is -2.86. The predicted octanol–water partition coefficient (Wildman–Crippen LogP) is 3.10. The Morgan fingerprint density at radius 3 is 2.52 bits per heavy atom. The van der Waals surface area contributed by atoms with Gasteiger partial charge in [0, 0.05) is 23.2 Å². The number of aromatic nitrogens is 1. The maximum Gasteiger partial charge on any atom is 0.328 e. The van der Waals surface area contributed by atoms with Crippen molar-refractivity contribution in [2.75, 3.05) is 0 Å². The lowest BCUT2D eigenvalue weighted by atomic mass is 10.1. The first-order chi connectivity index (χ1) is 11.0. The number of benzene rings is 2.